The topological polar surface area (TPSA) is 61.4 Å². The van der Waals surface area contributed by atoms with Gasteiger partial charge in [0.2, 0.25) is 0 Å². The Morgan fingerprint density at radius 1 is 1.35 bits per heavy atom. The molecule has 0 saturated carbocycles. The molecule has 0 amide bonds. The van der Waals surface area contributed by atoms with Crippen LogP contribution in [0.2, 0.25) is 0 Å². The van der Waals surface area contributed by atoms with Gasteiger partial charge in [-0.2, -0.15) is 0 Å². The van der Waals surface area contributed by atoms with Gasteiger partial charge in [-0.15, -0.1) is 0 Å². The summed E-state index contributed by atoms with van der Waals surface area (Å²) in [5.74, 6) is 0.831. The van der Waals surface area contributed by atoms with Crippen molar-refractivity contribution in [3.05, 3.63) is 36.0 Å². The van der Waals surface area contributed by atoms with Crippen LogP contribution in [0.3, 0.4) is 0 Å². The number of aromatic amines is 1. The number of fused-ring (bicyclic) bond motifs is 1. The lowest BCUT2D eigenvalue weighted by molar-refractivity contribution is 0.0243. The zero-order chi connectivity index (χ0) is 16.1. The second-order valence-corrected chi connectivity index (χ2v) is 6.39. The molecule has 1 aliphatic rings. The smallest absolute Gasteiger partial charge is 0.191 e. The monoisotopic (exact) mass is 314 g/mol. The number of benzene rings is 1. The lowest BCUT2D eigenvalue weighted by Gasteiger charge is -2.24. The highest BCUT2D eigenvalue weighted by Crippen LogP contribution is 2.23. The molecule has 1 aromatic carbocycles. The Morgan fingerprint density at radius 3 is 2.96 bits per heavy atom. The molecule has 0 bridgehead atoms. The standard InChI is InChI=1S/C18H26N4O/c1-18(9-5-11-23-18)13-21-17(19-2)20-10-8-15-12-14-6-3-4-7-16(14)22-15/h3-4,6-7,12,22H,5,8-11,13H2,1-2H3,(H2,19,20,21). The number of hydrogen-bond acceptors (Lipinski definition) is 2. The molecule has 5 heteroatoms. The Hall–Kier alpha value is -2.01. The first-order chi connectivity index (χ1) is 11.2. The molecule has 3 rings (SSSR count). The van der Waals surface area contributed by atoms with E-state index in [9.17, 15) is 0 Å². The SMILES string of the molecule is CN=C(NCCc1cc2ccccc2[nH]1)NCC1(C)CCCO1. The van der Waals surface area contributed by atoms with Crippen molar-refractivity contribution in [1.82, 2.24) is 15.6 Å². The number of ether oxygens (including phenoxy) is 1. The molecule has 23 heavy (non-hydrogen) atoms. The lowest BCUT2D eigenvalue weighted by Crippen LogP contribution is -2.45. The van der Waals surface area contributed by atoms with Crippen molar-refractivity contribution in [1.29, 1.82) is 0 Å². The zero-order valence-corrected chi connectivity index (χ0v) is 14.0. The van der Waals surface area contributed by atoms with Crippen LogP contribution in [-0.2, 0) is 11.2 Å². The van der Waals surface area contributed by atoms with Crippen LogP contribution in [-0.4, -0.2) is 43.3 Å². The maximum absolute atomic E-state index is 5.79. The van der Waals surface area contributed by atoms with Crippen molar-refractivity contribution < 1.29 is 4.74 Å². The van der Waals surface area contributed by atoms with Gasteiger partial charge in [0.1, 0.15) is 0 Å². The summed E-state index contributed by atoms with van der Waals surface area (Å²) in [5, 5.41) is 8.00. The molecule has 1 unspecified atom stereocenters. The van der Waals surface area contributed by atoms with Gasteiger partial charge in [-0.25, -0.2) is 0 Å². The number of hydrogen-bond donors (Lipinski definition) is 3. The average Bonchev–Trinajstić information content (AvgIpc) is 3.17. The maximum atomic E-state index is 5.79. The Morgan fingerprint density at radius 2 is 2.22 bits per heavy atom. The van der Waals surface area contributed by atoms with E-state index >= 15 is 0 Å². The van der Waals surface area contributed by atoms with Crippen LogP contribution in [0.1, 0.15) is 25.5 Å². The van der Waals surface area contributed by atoms with Gasteiger partial charge < -0.3 is 20.4 Å². The average molecular weight is 314 g/mol. The predicted molar refractivity (Wildman–Crippen MR) is 95.0 cm³/mol. The molecule has 2 heterocycles. The third-order valence-electron chi connectivity index (χ3n) is 4.43. The summed E-state index contributed by atoms with van der Waals surface area (Å²) in [5.41, 5.74) is 2.37. The third kappa shape index (κ3) is 4.05. The van der Waals surface area contributed by atoms with Crippen LogP contribution in [0.5, 0.6) is 0 Å². The molecule has 0 spiro atoms. The van der Waals surface area contributed by atoms with Crippen LogP contribution in [0.25, 0.3) is 10.9 Å². The first kappa shape index (κ1) is 15.9. The van der Waals surface area contributed by atoms with Gasteiger partial charge in [-0.05, 0) is 37.3 Å². The molecular formula is C18H26N4O. The summed E-state index contributed by atoms with van der Waals surface area (Å²) < 4.78 is 5.79. The number of rotatable bonds is 5. The number of guanidine groups is 1. The van der Waals surface area contributed by atoms with Crippen LogP contribution < -0.4 is 10.6 Å². The van der Waals surface area contributed by atoms with Crippen LogP contribution in [0.15, 0.2) is 35.3 Å². The summed E-state index contributed by atoms with van der Waals surface area (Å²) in [7, 11) is 1.80. The highest BCUT2D eigenvalue weighted by Gasteiger charge is 2.29. The van der Waals surface area contributed by atoms with Gasteiger partial charge in [-0.1, -0.05) is 18.2 Å². The van der Waals surface area contributed by atoms with E-state index in [2.05, 4.69) is 57.9 Å². The van der Waals surface area contributed by atoms with Gasteiger partial charge in [-0.3, -0.25) is 4.99 Å². The van der Waals surface area contributed by atoms with Gasteiger partial charge in [0.25, 0.3) is 0 Å². The molecule has 1 aromatic heterocycles. The summed E-state index contributed by atoms with van der Waals surface area (Å²) in [6, 6.07) is 10.6. The summed E-state index contributed by atoms with van der Waals surface area (Å²) in [4.78, 5) is 7.73. The number of nitrogens with one attached hydrogen (secondary N) is 3. The number of nitrogens with zero attached hydrogens (tertiary/aromatic N) is 1. The number of para-hydroxylation sites is 1. The molecule has 2 aromatic rings. The van der Waals surface area contributed by atoms with Gasteiger partial charge in [0, 0.05) is 44.4 Å². The van der Waals surface area contributed by atoms with Crippen molar-refractivity contribution in [2.75, 3.05) is 26.7 Å². The van der Waals surface area contributed by atoms with Crippen LogP contribution in [0, 0.1) is 0 Å². The van der Waals surface area contributed by atoms with E-state index in [1.54, 1.807) is 7.05 Å². The normalized spacial score (nSPS) is 21.7. The largest absolute Gasteiger partial charge is 0.373 e. The van der Waals surface area contributed by atoms with Crippen molar-refractivity contribution >= 4 is 16.9 Å². The second-order valence-electron chi connectivity index (χ2n) is 6.39. The Balaban J connectivity index is 1.46. The van der Waals surface area contributed by atoms with Crippen LogP contribution in [0.4, 0.5) is 0 Å². The summed E-state index contributed by atoms with van der Waals surface area (Å²) in [6.45, 7) is 4.65. The minimum atomic E-state index is -0.0607. The molecule has 0 radical (unpaired) electrons. The molecular weight excluding hydrogens is 288 g/mol. The maximum Gasteiger partial charge on any atom is 0.191 e. The molecule has 0 aliphatic carbocycles. The van der Waals surface area contributed by atoms with E-state index < -0.39 is 0 Å². The molecule has 124 valence electrons. The summed E-state index contributed by atoms with van der Waals surface area (Å²) >= 11 is 0. The predicted octanol–water partition coefficient (Wildman–Crippen LogP) is 2.44. The molecule has 1 fully saturated rings. The fourth-order valence-corrected chi connectivity index (χ4v) is 3.05. The van der Waals surface area contributed by atoms with E-state index in [0.717, 1.165) is 44.9 Å². The van der Waals surface area contributed by atoms with E-state index in [4.69, 9.17) is 4.74 Å². The minimum absolute atomic E-state index is 0.0607. The van der Waals surface area contributed by atoms with Crippen molar-refractivity contribution in [3.63, 3.8) is 0 Å². The van der Waals surface area contributed by atoms with Crippen LogP contribution >= 0.6 is 0 Å². The van der Waals surface area contributed by atoms with Gasteiger partial charge in [0.15, 0.2) is 5.96 Å². The number of H-pyrrole nitrogens is 1. The van der Waals surface area contributed by atoms with E-state index in [1.165, 1.54) is 16.6 Å². The van der Waals surface area contributed by atoms with Gasteiger partial charge >= 0.3 is 0 Å². The van der Waals surface area contributed by atoms with Crippen molar-refractivity contribution in [2.24, 2.45) is 4.99 Å². The Bertz CT molecular complexity index is 637. The Labute approximate surface area is 137 Å². The highest BCUT2D eigenvalue weighted by atomic mass is 16.5. The molecule has 1 saturated heterocycles. The lowest BCUT2D eigenvalue weighted by atomic mass is 10.0. The molecule has 1 atom stereocenters. The fraction of sp³-hybridized carbons (Fsp3) is 0.500. The summed E-state index contributed by atoms with van der Waals surface area (Å²) in [6.07, 6.45) is 3.18. The van der Waals surface area contributed by atoms with E-state index in [-0.39, 0.29) is 5.60 Å². The van der Waals surface area contributed by atoms with E-state index in [1.807, 2.05) is 0 Å². The highest BCUT2D eigenvalue weighted by molar-refractivity contribution is 5.81. The minimum Gasteiger partial charge on any atom is -0.373 e. The molecule has 3 N–H and O–H groups in total. The molecule has 5 nitrogen and oxygen atoms in total. The third-order valence-corrected chi connectivity index (χ3v) is 4.43. The van der Waals surface area contributed by atoms with E-state index in [0.29, 0.717) is 0 Å². The molecule has 1 aliphatic heterocycles. The quantitative estimate of drug-likeness (QED) is 0.587. The second kappa shape index (κ2) is 7.04. The first-order valence-corrected chi connectivity index (χ1v) is 8.34. The first-order valence-electron chi connectivity index (χ1n) is 8.34. The number of aromatic nitrogens is 1. The van der Waals surface area contributed by atoms with Crippen molar-refractivity contribution in [2.45, 2.75) is 31.8 Å². The van der Waals surface area contributed by atoms with Gasteiger partial charge in [0.05, 0.1) is 5.60 Å². The fourth-order valence-electron chi connectivity index (χ4n) is 3.05. The zero-order valence-electron chi connectivity index (χ0n) is 14.0. The van der Waals surface area contributed by atoms with Crippen molar-refractivity contribution in [3.8, 4) is 0 Å². The Kier molecular flexibility index (Phi) is 4.86. The number of aliphatic imine (C=N–C) groups is 1.